The normalized spacial score (nSPS) is 25.2. The first-order valence-electron chi connectivity index (χ1n) is 9.49. The molecule has 2 N–H and O–H groups in total. The molecule has 2 unspecified atom stereocenters. The van der Waals surface area contributed by atoms with Crippen LogP contribution in [0.1, 0.15) is 35.3 Å². The highest BCUT2D eigenvalue weighted by Gasteiger charge is 2.45. The average Bonchev–Trinajstić information content (AvgIpc) is 3.01. The van der Waals surface area contributed by atoms with Crippen molar-refractivity contribution in [3.05, 3.63) is 96.1 Å². The van der Waals surface area contributed by atoms with Crippen molar-refractivity contribution in [2.75, 3.05) is 0 Å². The van der Waals surface area contributed by atoms with Crippen LogP contribution < -0.4 is 5.50 Å². The minimum Gasteiger partial charge on any atom is -0.306 e. The highest BCUT2D eigenvalue weighted by Crippen LogP contribution is 2.72. The fourth-order valence-electron chi connectivity index (χ4n) is 4.76. The number of rotatable bonds is 2. The smallest absolute Gasteiger partial charge is 0.159 e. The van der Waals surface area contributed by atoms with Crippen LogP contribution in [0.25, 0.3) is 21.5 Å². The first-order valence-corrected chi connectivity index (χ1v) is 11.4. The first kappa shape index (κ1) is 16.7. The second-order valence-electron chi connectivity index (χ2n) is 7.51. The monoisotopic (exact) mass is 371 g/mol. The lowest BCUT2D eigenvalue weighted by atomic mass is 9.97. The van der Waals surface area contributed by atoms with Gasteiger partial charge in [0.05, 0.1) is 11.3 Å². The molecule has 1 fully saturated rings. The van der Waals surface area contributed by atoms with E-state index in [0.717, 1.165) is 24.0 Å². The van der Waals surface area contributed by atoms with Crippen molar-refractivity contribution < 1.29 is 4.57 Å². The van der Waals surface area contributed by atoms with Crippen molar-refractivity contribution in [1.82, 2.24) is 0 Å². The minimum absolute atomic E-state index is 0.0763. The first-order chi connectivity index (χ1) is 13.2. The highest BCUT2D eigenvalue weighted by molar-refractivity contribution is 7.62. The predicted octanol–water partition coefficient (Wildman–Crippen LogP) is 6.81. The van der Waals surface area contributed by atoms with Crippen molar-refractivity contribution in [2.24, 2.45) is 5.50 Å². The van der Waals surface area contributed by atoms with Gasteiger partial charge in [-0.25, -0.2) is 0 Å². The molecule has 0 bridgehead atoms. The fraction of sp³-hybridized carbons (Fsp3) is 0.167. The third-order valence-corrected chi connectivity index (χ3v) is 9.07. The number of hydrogen-bond acceptors (Lipinski definition) is 1. The molecule has 0 spiro atoms. The van der Waals surface area contributed by atoms with Gasteiger partial charge in [-0.05, 0) is 45.5 Å². The number of nitrogens with two attached hydrogens (primary N) is 1. The number of fused-ring (bicyclic) bond motifs is 2. The summed E-state index contributed by atoms with van der Waals surface area (Å²) >= 11 is 0. The zero-order valence-electron chi connectivity index (χ0n) is 15.1. The maximum atomic E-state index is 13.9. The van der Waals surface area contributed by atoms with E-state index in [2.05, 4.69) is 60.7 Å². The zero-order chi connectivity index (χ0) is 18.4. The van der Waals surface area contributed by atoms with Gasteiger partial charge in [-0.15, -0.1) is 0 Å². The minimum atomic E-state index is -2.92. The molecule has 4 aromatic carbocycles. The molecule has 0 saturated carbocycles. The van der Waals surface area contributed by atoms with Crippen LogP contribution in [0.5, 0.6) is 0 Å². The van der Waals surface area contributed by atoms with Gasteiger partial charge in [0, 0.05) is 0 Å². The molecular formula is C24H22NOP. The number of hydrogen-bond donors (Lipinski definition) is 1. The Bertz CT molecular complexity index is 1100. The van der Waals surface area contributed by atoms with Gasteiger partial charge < -0.3 is 4.57 Å². The van der Waals surface area contributed by atoms with Crippen LogP contribution in [0.2, 0.25) is 0 Å². The molecule has 2 nitrogen and oxygen atoms in total. The molecule has 2 atom stereocenters. The molecular weight excluding hydrogens is 349 g/mol. The molecule has 0 aliphatic carbocycles. The summed E-state index contributed by atoms with van der Waals surface area (Å²) in [6.07, 6.45) is 1.74. The molecule has 0 aromatic heterocycles. The van der Waals surface area contributed by atoms with Gasteiger partial charge in [0.25, 0.3) is 0 Å². The quantitative estimate of drug-likeness (QED) is 0.394. The van der Waals surface area contributed by atoms with Crippen LogP contribution in [0, 0.1) is 0 Å². The molecule has 0 amide bonds. The van der Waals surface area contributed by atoms with Gasteiger partial charge in [-0.3, -0.25) is 5.50 Å². The Balaban J connectivity index is 1.64. The van der Waals surface area contributed by atoms with Crippen molar-refractivity contribution in [3.63, 3.8) is 0 Å². The van der Waals surface area contributed by atoms with E-state index < -0.39 is 7.29 Å². The van der Waals surface area contributed by atoms with Crippen LogP contribution in [0.15, 0.2) is 84.9 Å². The Hall–Kier alpha value is -2.41. The molecule has 27 heavy (non-hydrogen) atoms. The molecule has 0 radical (unpaired) electrons. The highest BCUT2D eigenvalue weighted by atomic mass is 31.2. The van der Waals surface area contributed by atoms with Crippen LogP contribution in [-0.4, -0.2) is 0 Å². The number of benzene rings is 4. The van der Waals surface area contributed by atoms with Crippen LogP contribution in [-0.2, 0) is 4.57 Å². The van der Waals surface area contributed by atoms with Crippen molar-refractivity contribution in [3.8, 4) is 0 Å². The second kappa shape index (κ2) is 6.34. The van der Waals surface area contributed by atoms with E-state index in [9.17, 15) is 4.57 Å². The summed E-state index contributed by atoms with van der Waals surface area (Å²) in [4.78, 5) is 0. The lowest BCUT2D eigenvalue weighted by Crippen LogP contribution is -2.07. The fourth-order valence-corrected chi connectivity index (χ4v) is 7.62. The van der Waals surface area contributed by atoms with Crippen molar-refractivity contribution in [2.45, 2.75) is 24.2 Å². The Kier molecular flexibility index (Phi) is 3.93. The van der Waals surface area contributed by atoms with Crippen LogP contribution in [0.4, 0.5) is 0 Å². The van der Waals surface area contributed by atoms with Crippen LogP contribution >= 0.6 is 7.29 Å². The molecule has 1 aliphatic heterocycles. The van der Waals surface area contributed by atoms with Crippen molar-refractivity contribution >= 4 is 28.8 Å². The average molecular weight is 371 g/mol. The summed E-state index contributed by atoms with van der Waals surface area (Å²) in [7, 11) is -2.92. The summed E-state index contributed by atoms with van der Waals surface area (Å²) in [6, 6.07) is 29.2. The maximum absolute atomic E-state index is 13.9. The molecule has 3 heteroatoms. The summed E-state index contributed by atoms with van der Waals surface area (Å²) in [5.41, 5.74) is 8.80. The lowest BCUT2D eigenvalue weighted by Gasteiger charge is -2.24. The Labute approximate surface area is 159 Å². The van der Waals surface area contributed by atoms with E-state index in [-0.39, 0.29) is 11.3 Å². The largest absolute Gasteiger partial charge is 0.306 e. The molecule has 134 valence electrons. The molecule has 4 aromatic rings. The summed E-state index contributed by atoms with van der Waals surface area (Å²) in [6.45, 7) is 0. The van der Waals surface area contributed by atoms with Gasteiger partial charge in [-0.1, -0.05) is 84.9 Å². The van der Waals surface area contributed by atoms with E-state index in [1.807, 2.05) is 24.3 Å². The summed E-state index contributed by atoms with van der Waals surface area (Å²) in [5.74, 6) is 0. The zero-order valence-corrected chi connectivity index (χ0v) is 16.0. The van der Waals surface area contributed by atoms with E-state index in [1.54, 1.807) is 0 Å². The summed E-state index contributed by atoms with van der Waals surface area (Å²) < 4.78 is 13.9. The standard InChI is InChI=1S/C24H22NOP/c25-27(26)23(21-13-5-9-17-7-1-3-11-19(17)21)15-16-24(27)22-14-6-10-18-8-2-4-12-20(18)22/h1-14,23-24H,15-16H2,(H2,25,26). The Morgan fingerprint density at radius 3 is 1.52 bits per heavy atom. The molecule has 1 saturated heterocycles. The SMILES string of the molecule is NP1(=O)C(c2cccc3ccccc23)CCC1c1cccc2ccccc12. The lowest BCUT2D eigenvalue weighted by molar-refractivity contribution is 0.568. The van der Waals surface area contributed by atoms with E-state index in [4.69, 9.17) is 5.50 Å². The third kappa shape index (κ3) is 2.64. The molecule has 1 heterocycles. The molecule has 1 aliphatic rings. The second-order valence-corrected chi connectivity index (χ2v) is 10.3. The summed E-state index contributed by atoms with van der Waals surface area (Å²) in [5, 5.41) is 4.72. The molecule has 5 rings (SSSR count). The third-order valence-electron chi connectivity index (χ3n) is 6.05. The topological polar surface area (TPSA) is 43.1 Å². The van der Waals surface area contributed by atoms with E-state index >= 15 is 0 Å². The van der Waals surface area contributed by atoms with E-state index in [0.29, 0.717) is 0 Å². The Morgan fingerprint density at radius 1 is 0.630 bits per heavy atom. The van der Waals surface area contributed by atoms with Gasteiger partial charge in [0.15, 0.2) is 7.29 Å². The van der Waals surface area contributed by atoms with Crippen molar-refractivity contribution in [1.29, 1.82) is 0 Å². The van der Waals surface area contributed by atoms with E-state index in [1.165, 1.54) is 21.5 Å². The van der Waals surface area contributed by atoms with Gasteiger partial charge in [0.1, 0.15) is 0 Å². The van der Waals surface area contributed by atoms with Gasteiger partial charge >= 0.3 is 0 Å². The van der Waals surface area contributed by atoms with Gasteiger partial charge in [-0.2, -0.15) is 0 Å². The van der Waals surface area contributed by atoms with Crippen LogP contribution in [0.3, 0.4) is 0 Å². The predicted molar refractivity (Wildman–Crippen MR) is 114 cm³/mol. The maximum Gasteiger partial charge on any atom is 0.159 e. The Morgan fingerprint density at radius 2 is 1.04 bits per heavy atom. The van der Waals surface area contributed by atoms with Gasteiger partial charge in [0.2, 0.25) is 0 Å².